The minimum Gasteiger partial charge on any atom is -0.341 e. The van der Waals surface area contributed by atoms with Gasteiger partial charge in [-0.2, -0.15) is 0 Å². The van der Waals surface area contributed by atoms with Crippen LogP contribution in [0.2, 0.25) is 5.02 Å². The van der Waals surface area contributed by atoms with E-state index in [2.05, 4.69) is 9.97 Å². The number of likely N-dealkylation sites (tertiary alicyclic amines) is 1. The van der Waals surface area contributed by atoms with Gasteiger partial charge < -0.3 is 4.90 Å². The summed E-state index contributed by atoms with van der Waals surface area (Å²) in [5.41, 5.74) is 2.86. The van der Waals surface area contributed by atoms with Crippen LogP contribution in [0.5, 0.6) is 0 Å². The molecule has 1 fully saturated rings. The molecule has 5 heteroatoms. The lowest BCUT2D eigenvalue weighted by atomic mass is 9.98. The van der Waals surface area contributed by atoms with Crippen LogP contribution in [-0.2, 0) is 4.79 Å². The van der Waals surface area contributed by atoms with Crippen molar-refractivity contribution < 1.29 is 4.79 Å². The SMILES string of the molecule is CC(=O)N1CC(c2nc(C)cc(-c3ccc(Cl)cc3)n2)C1. The van der Waals surface area contributed by atoms with Gasteiger partial charge in [0.25, 0.3) is 0 Å². The third-order valence-corrected chi connectivity index (χ3v) is 3.96. The molecule has 0 spiro atoms. The van der Waals surface area contributed by atoms with Crippen molar-refractivity contribution in [3.8, 4) is 11.3 Å². The summed E-state index contributed by atoms with van der Waals surface area (Å²) < 4.78 is 0. The van der Waals surface area contributed by atoms with Gasteiger partial charge in [0.15, 0.2) is 0 Å². The molecule has 1 aromatic heterocycles. The molecule has 0 atom stereocenters. The molecular formula is C16H16ClN3O. The molecule has 3 rings (SSSR count). The number of benzene rings is 1. The summed E-state index contributed by atoms with van der Waals surface area (Å²) in [5, 5.41) is 0.709. The quantitative estimate of drug-likeness (QED) is 0.856. The molecule has 1 aliphatic heterocycles. The molecule has 108 valence electrons. The van der Waals surface area contributed by atoms with E-state index in [4.69, 9.17) is 11.6 Å². The van der Waals surface area contributed by atoms with Gasteiger partial charge in [-0.3, -0.25) is 4.79 Å². The van der Waals surface area contributed by atoms with E-state index in [9.17, 15) is 4.79 Å². The number of halogens is 1. The second-order valence-corrected chi connectivity index (χ2v) is 5.82. The Morgan fingerprint density at radius 3 is 2.52 bits per heavy atom. The minimum absolute atomic E-state index is 0.108. The molecule has 2 heterocycles. The molecule has 0 unspecified atom stereocenters. The van der Waals surface area contributed by atoms with E-state index in [-0.39, 0.29) is 11.8 Å². The maximum atomic E-state index is 11.3. The van der Waals surface area contributed by atoms with Gasteiger partial charge in [-0.25, -0.2) is 9.97 Å². The van der Waals surface area contributed by atoms with Crippen LogP contribution in [-0.4, -0.2) is 33.9 Å². The van der Waals surface area contributed by atoms with E-state index in [1.807, 2.05) is 37.3 Å². The first-order valence-corrected chi connectivity index (χ1v) is 7.28. The second-order valence-electron chi connectivity index (χ2n) is 5.38. The van der Waals surface area contributed by atoms with Crippen molar-refractivity contribution in [2.45, 2.75) is 19.8 Å². The van der Waals surface area contributed by atoms with Gasteiger partial charge in [-0.1, -0.05) is 23.7 Å². The van der Waals surface area contributed by atoms with Crippen molar-refractivity contribution in [2.24, 2.45) is 0 Å². The van der Waals surface area contributed by atoms with Crippen molar-refractivity contribution in [1.29, 1.82) is 0 Å². The first-order valence-electron chi connectivity index (χ1n) is 6.90. The first-order chi connectivity index (χ1) is 10.0. The topological polar surface area (TPSA) is 46.1 Å². The van der Waals surface area contributed by atoms with Crippen LogP contribution in [0.1, 0.15) is 24.4 Å². The van der Waals surface area contributed by atoms with E-state index >= 15 is 0 Å². The van der Waals surface area contributed by atoms with Gasteiger partial charge in [-0.15, -0.1) is 0 Å². The van der Waals surface area contributed by atoms with Crippen molar-refractivity contribution in [2.75, 3.05) is 13.1 Å². The summed E-state index contributed by atoms with van der Waals surface area (Å²) >= 11 is 5.92. The lowest BCUT2D eigenvalue weighted by molar-refractivity contribution is -0.133. The van der Waals surface area contributed by atoms with Crippen LogP contribution >= 0.6 is 11.6 Å². The van der Waals surface area contributed by atoms with E-state index < -0.39 is 0 Å². The minimum atomic E-state index is 0.108. The third kappa shape index (κ3) is 2.90. The summed E-state index contributed by atoms with van der Waals surface area (Å²) in [6.45, 7) is 4.97. The fourth-order valence-electron chi connectivity index (χ4n) is 2.44. The maximum Gasteiger partial charge on any atom is 0.219 e. The lowest BCUT2D eigenvalue weighted by Crippen LogP contribution is -2.48. The van der Waals surface area contributed by atoms with Crippen molar-refractivity contribution in [1.82, 2.24) is 14.9 Å². The molecule has 0 saturated carbocycles. The summed E-state index contributed by atoms with van der Waals surface area (Å²) in [6, 6.07) is 9.59. The van der Waals surface area contributed by atoms with Gasteiger partial charge in [0, 0.05) is 36.3 Å². The van der Waals surface area contributed by atoms with Crippen molar-refractivity contribution in [3.63, 3.8) is 0 Å². The number of nitrogens with zero attached hydrogens (tertiary/aromatic N) is 3. The summed E-state index contributed by atoms with van der Waals surface area (Å²) in [4.78, 5) is 22.2. The molecule has 0 N–H and O–H groups in total. The molecular weight excluding hydrogens is 286 g/mol. The van der Waals surface area contributed by atoms with Crippen LogP contribution in [0.15, 0.2) is 30.3 Å². The van der Waals surface area contributed by atoms with Crippen LogP contribution in [0.25, 0.3) is 11.3 Å². The second kappa shape index (κ2) is 5.45. The Kier molecular flexibility index (Phi) is 3.64. The van der Waals surface area contributed by atoms with Crippen LogP contribution in [0, 0.1) is 6.92 Å². The maximum absolute atomic E-state index is 11.3. The Bertz CT molecular complexity index is 678. The highest BCUT2D eigenvalue weighted by Gasteiger charge is 2.32. The largest absolute Gasteiger partial charge is 0.341 e. The van der Waals surface area contributed by atoms with Gasteiger partial charge in [0.1, 0.15) is 5.82 Å². The smallest absolute Gasteiger partial charge is 0.219 e. The van der Waals surface area contributed by atoms with Gasteiger partial charge >= 0.3 is 0 Å². The number of carbonyl (C=O) groups is 1. The molecule has 4 nitrogen and oxygen atoms in total. The summed E-state index contributed by atoms with van der Waals surface area (Å²) in [7, 11) is 0. The average molecular weight is 302 g/mol. The molecule has 0 bridgehead atoms. The summed E-state index contributed by atoms with van der Waals surface area (Å²) in [6.07, 6.45) is 0. The lowest BCUT2D eigenvalue weighted by Gasteiger charge is -2.37. The zero-order valence-electron chi connectivity index (χ0n) is 12.0. The average Bonchev–Trinajstić information content (AvgIpc) is 2.36. The highest BCUT2D eigenvalue weighted by atomic mass is 35.5. The highest BCUT2D eigenvalue weighted by Crippen LogP contribution is 2.27. The standard InChI is InChI=1S/C16H16ClN3O/c1-10-7-15(12-3-5-14(17)6-4-12)19-16(18-10)13-8-20(9-13)11(2)21/h3-7,13H,8-9H2,1-2H3. The predicted molar refractivity (Wildman–Crippen MR) is 82.2 cm³/mol. The Morgan fingerprint density at radius 1 is 1.24 bits per heavy atom. The van der Waals surface area contributed by atoms with Gasteiger partial charge in [0.2, 0.25) is 5.91 Å². The monoisotopic (exact) mass is 301 g/mol. The molecule has 2 aromatic rings. The molecule has 21 heavy (non-hydrogen) atoms. The number of aromatic nitrogens is 2. The van der Waals surface area contributed by atoms with E-state index in [0.717, 1.165) is 22.8 Å². The Morgan fingerprint density at radius 2 is 1.90 bits per heavy atom. The van der Waals surface area contributed by atoms with E-state index in [1.54, 1.807) is 11.8 Å². The number of amides is 1. The third-order valence-electron chi connectivity index (χ3n) is 3.70. The molecule has 1 aromatic carbocycles. The van der Waals surface area contributed by atoms with Crippen molar-refractivity contribution >= 4 is 17.5 Å². The number of aryl methyl sites for hydroxylation is 1. The molecule has 0 aliphatic carbocycles. The number of rotatable bonds is 2. The highest BCUT2D eigenvalue weighted by molar-refractivity contribution is 6.30. The molecule has 1 amide bonds. The Labute approximate surface area is 128 Å². The Balaban J connectivity index is 1.87. The normalized spacial score (nSPS) is 14.9. The molecule has 1 saturated heterocycles. The molecule has 1 aliphatic rings. The fraction of sp³-hybridized carbons (Fsp3) is 0.312. The van der Waals surface area contributed by atoms with E-state index in [0.29, 0.717) is 18.1 Å². The Hall–Kier alpha value is -1.94. The van der Waals surface area contributed by atoms with E-state index in [1.165, 1.54) is 0 Å². The van der Waals surface area contributed by atoms with Gasteiger partial charge in [-0.05, 0) is 25.1 Å². The number of hydrogen-bond donors (Lipinski definition) is 0. The zero-order chi connectivity index (χ0) is 15.0. The van der Waals surface area contributed by atoms with Crippen LogP contribution in [0.3, 0.4) is 0 Å². The van der Waals surface area contributed by atoms with Crippen LogP contribution < -0.4 is 0 Å². The summed E-state index contributed by atoms with van der Waals surface area (Å²) in [5.74, 6) is 1.16. The zero-order valence-corrected chi connectivity index (χ0v) is 12.8. The van der Waals surface area contributed by atoms with Crippen LogP contribution in [0.4, 0.5) is 0 Å². The number of carbonyl (C=O) groups excluding carboxylic acids is 1. The van der Waals surface area contributed by atoms with Crippen molar-refractivity contribution in [3.05, 3.63) is 46.9 Å². The molecule has 0 radical (unpaired) electrons. The predicted octanol–water partition coefficient (Wildman–Crippen LogP) is 3.05. The fourth-order valence-corrected chi connectivity index (χ4v) is 2.57. The first kappa shape index (κ1) is 14.0. The van der Waals surface area contributed by atoms with Gasteiger partial charge in [0.05, 0.1) is 11.6 Å². The number of hydrogen-bond acceptors (Lipinski definition) is 3.